The largest absolute Gasteiger partial charge is 0.465 e. The number of alkyl halides is 1. The number of fused-ring (bicyclic) bond motifs is 2. The topological polar surface area (TPSA) is 49.3 Å². The summed E-state index contributed by atoms with van der Waals surface area (Å²) in [6, 6.07) is 0.0984. The van der Waals surface area contributed by atoms with Crippen molar-refractivity contribution in [1.82, 2.24) is 5.32 Å². The third-order valence-corrected chi connectivity index (χ3v) is 4.15. The second-order valence-corrected chi connectivity index (χ2v) is 4.61. The number of carbonyl (C=O) groups is 1. The van der Waals surface area contributed by atoms with Crippen molar-refractivity contribution >= 4 is 17.7 Å². The minimum absolute atomic E-state index is 0.0740. The molecule has 0 heterocycles. The highest BCUT2D eigenvalue weighted by Gasteiger charge is 2.51. The molecular weight excluding hydrogens is 190 g/mol. The average molecular weight is 204 g/mol. The molecule has 4 heteroatoms. The number of carboxylic acid groups (broad SMARTS) is 1. The Balaban J connectivity index is 2.08. The van der Waals surface area contributed by atoms with Crippen molar-refractivity contribution in [1.29, 1.82) is 0 Å². The molecule has 3 nitrogen and oxygen atoms in total. The van der Waals surface area contributed by atoms with E-state index in [4.69, 9.17) is 16.7 Å². The zero-order valence-electron chi connectivity index (χ0n) is 7.42. The third kappa shape index (κ3) is 1.39. The van der Waals surface area contributed by atoms with E-state index in [-0.39, 0.29) is 11.5 Å². The van der Waals surface area contributed by atoms with Crippen molar-refractivity contribution in [3.63, 3.8) is 0 Å². The molecule has 0 aliphatic heterocycles. The molecule has 0 aromatic heterocycles. The fourth-order valence-electron chi connectivity index (χ4n) is 2.95. The van der Waals surface area contributed by atoms with E-state index in [9.17, 15) is 4.79 Å². The molecule has 2 aliphatic rings. The van der Waals surface area contributed by atoms with Crippen LogP contribution in [0.2, 0.25) is 0 Å². The lowest BCUT2D eigenvalue weighted by Gasteiger charge is -2.32. The summed E-state index contributed by atoms with van der Waals surface area (Å²) < 4.78 is 0. The minimum Gasteiger partial charge on any atom is -0.465 e. The van der Waals surface area contributed by atoms with E-state index >= 15 is 0 Å². The summed E-state index contributed by atoms with van der Waals surface area (Å²) in [5.74, 6) is 1.30. The molecule has 0 aromatic carbocycles. The zero-order valence-corrected chi connectivity index (χ0v) is 8.18. The highest BCUT2D eigenvalue weighted by Crippen LogP contribution is 2.54. The van der Waals surface area contributed by atoms with Gasteiger partial charge < -0.3 is 10.4 Å². The van der Waals surface area contributed by atoms with Crippen molar-refractivity contribution in [3.8, 4) is 0 Å². The molecule has 2 rings (SSSR count). The van der Waals surface area contributed by atoms with Crippen molar-refractivity contribution in [2.75, 3.05) is 5.88 Å². The van der Waals surface area contributed by atoms with Crippen LogP contribution in [-0.2, 0) is 0 Å². The van der Waals surface area contributed by atoms with Crippen LogP contribution in [0.5, 0.6) is 0 Å². The molecule has 2 bridgehead atoms. The van der Waals surface area contributed by atoms with Crippen LogP contribution in [0.4, 0.5) is 4.79 Å². The maximum atomic E-state index is 10.5. The Morgan fingerprint density at radius 2 is 2.46 bits per heavy atom. The van der Waals surface area contributed by atoms with Crippen molar-refractivity contribution in [2.45, 2.75) is 31.7 Å². The Kier molecular flexibility index (Phi) is 2.14. The van der Waals surface area contributed by atoms with Gasteiger partial charge >= 0.3 is 6.09 Å². The van der Waals surface area contributed by atoms with Crippen LogP contribution in [0.3, 0.4) is 0 Å². The Morgan fingerprint density at radius 3 is 3.00 bits per heavy atom. The lowest BCUT2D eigenvalue weighted by Crippen LogP contribution is -2.45. The summed E-state index contributed by atoms with van der Waals surface area (Å²) in [4.78, 5) is 10.5. The SMILES string of the molecule is O=C(O)NC1C[C@H]2CCC1(CCl)C2. The molecule has 3 atom stereocenters. The predicted octanol–water partition coefficient (Wildman–Crippen LogP) is 2.05. The first-order valence-corrected chi connectivity index (χ1v) is 5.25. The molecule has 0 saturated heterocycles. The molecule has 13 heavy (non-hydrogen) atoms. The molecule has 0 radical (unpaired) electrons. The number of amides is 1. The lowest BCUT2D eigenvalue weighted by molar-refractivity contribution is 0.171. The van der Waals surface area contributed by atoms with Crippen LogP contribution in [0.1, 0.15) is 25.7 Å². The van der Waals surface area contributed by atoms with Crippen LogP contribution in [0, 0.1) is 11.3 Å². The van der Waals surface area contributed by atoms with E-state index in [1.54, 1.807) is 0 Å². The van der Waals surface area contributed by atoms with Crippen LogP contribution < -0.4 is 5.32 Å². The predicted molar refractivity (Wildman–Crippen MR) is 50.1 cm³/mol. The van der Waals surface area contributed by atoms with Gasteiger partial charge in [0.15, 0.2) is 0 Å². The maximum absolute atomic E-state index is 10.5. The fraction of sp³-hybridized carbons (Fsp3) is 0.889. The Labute approximate surface area is 82.5 Å². The van der Waals surface area contributed by atoms with Crippen LogP contribution in [-0.4, -0.2) is 23.1 Å². The van der Waals surface area contributed by atoms with Gasteiger partial charge in [-0.05, 0) is 31.6 Å². The van der Waals surface area contributed by atoms with E-state index in [2.05, 4.69) is 5.32 Å². The van der Waals surface area contributed by atoms with Gasteiger partial charge in [0.1, 0.15) is 0 Å². The summed E-state index contributed by atoms with van der Waals surface area (Å²) in [6.45, 7) is 0. The molecule has 2 N–H and O–H groups in total. The van der Waals surface area contributed by atoms with E-state index in [1.165, 1.54) is 6.42 Å². The van der Waals surface area contributed by atoms with Gasteiger partial charge in [-0.1, -0.05) is 0 Å². The standard InChI is InChI=1S/C9H14ClNO2/c10-5-9-2-1-6(4-9)3-7(9)11-8(12)13/h6-7,11H,1-5H2,(H,12,13)/t6-,7?,9?/m1/s1. The van der Waals surface area contributed by atoms with Gasteiger partial charge in [-0.3, -0.25) is 0 Å². The van der Waals surface area contributed by atoms with Gasteiger partial charge in [0.05, 0.1) is 0 Å². The highest BCUT2D eigenvalue weighted by atomic mass is 35.5. The Bertz CT molecular complexity index is 234. The molecule has 0 aromatic rings. The first kappa shape index (κ1) is 9.13. The number of rotatable bonds is 2. The number of nitrogens with one attached hydrogen (secondary N) is 1. The van der Waals surface area contributed by atoms with Crippen molar-refractivity contribution in [3.05, 3.63) is 0 Å². The lowest BCUT2D eigenvalue weighted by atomic mass is 9.82. The molecule has 2 aliphatic carbocycles. The Hall–Kier alpha value is -0.440. The number of halogens is 1. The van der Waals surface area contributed by atoms with E-state index in [1.807, 2.05) is 0 Å². The monoisotopic (exact) mass is 203 g/mol. The van der Waals surface area contributed by atoms with Crippen LogP contribution >= 0.6 is 11.6 Å². The fourth-order valence-corrected chi connectivity index (χ4v) is 3.38. The van der Waals surface area contributed by atoms with Crippen molar-refractivity contribution in [2.24, 2.45) is 11.3 Å². The minimum atomic E-state index is -0.915. The maximum Gasteiger partial charge on any atom is 0.404 e. The second-order valence-electron chi connectivity index (χ2n) is 4.34. The molecular formula is C9H14ClNO2. The third-order valence-electron chi connectivity index (χ3n) is 3.62. The highest BCUT2D eigenvalue weighted by molar-refractivity contribution is 6.18. The van der Waals surface area contributed by atoms with Crippen molar-refractivity contribution < 1.29 is 9.90 Å². The van der Waals surface area contributed by atoms with Gasteiger partial charge in [-0.15, -0.1) is 11.6 Å². The molecule has 0 spiro atoms. The van der Waals surface area contributed by atoms with Gasteiger partial charge in [0.2, 0.25) is 0 Å². The average Bonchev–Trinajstić information content (AvgIpc) is 2.60. The van der Waals surface area contributed by atoms with E-state index in [0.29, 0.717) is 11.8 Å². The number of hydrogen-bond donors (Lipinski definition) is 2. The van der Waals surface area contributed by atoms with Gasteiger partial charge in [0.25, 0.3) is 0 Å². The summed E-state index contributed by atoms with van der Waals surface area (Å²) in [7, 11) is 0. The number of hydrogen-bond acceptors (Lipinski definition) is 1. The van der Waals surface area contributed by atoms with E-state index < -0.39 is 6.09 Å². The summed E-state index contributed by atoms with van der Waals surface area (Å²) >= 11 is 5.94. The molecule has 2 unspecified atom stereocenters. The van der Waals surface area contributed by atoms with Gasteiger partial charge in [-0.2, -0.15) is 0 Å². The molecule has 74 valence electrons. The summed E-state index contributed by atoms with van der Waals surface area (Å²) in [5.41, 5.74) is 0.0740. The summed E-state index contributed by atoms with van der Waals surface area (Å²) in [6.07, 6.45) is 3.50. The molecule has 2 fully saturated rings. The van der Waals surface area contributed by atoms with Gasteiger partial charge in [-0.25, -0.2) is 4.79 Å². The zero-order chi connectivity index (χ0) is 9.47. The normalized spacial score (nSPS) is 42.2. The first-order chi connectivity index (χ1) is 6.16. The quantitative estimate of drug-likeness (QED) is 0.675. The second kappa shape index (κ2) is 3.05. The van der Waals surface area contributed by atoms with Gasteiger partial charge in [0, 0.05) is 17.3 Å². The van der Waals surface area contributed by atoms with Crippen LogP contribution in [0.25, 0.3) is 0 Å². The van der Waals surface area contributed by atoms with Crippen LogP contribution in [0.15, 0.2) is 0 Å². The van der Waals surface area contributed by atoms with E-state index in [0.717, 1.165) is 19.3 Å². The Morgan fingerprint density at radius 1 is 1.69 bits per heavy atom. The molecule has 1 amide bonds. The molecule has 2 saturated carbocycles. The smallest absolute Gasteiger partial charge is 0.404 e. The summed E-state index contributed by atoms with van der Waals surface area (Å²) in [5, 5.41) is 11.3. The first-order valence-electron chi connectivity index (χ1n) is 4.72.